The van der Waals surface area contributed by atoms with E-state index in [1.54, 1.807) is 0 Å². The zero-order valence-electron chi connectivity index (χ0n) is 10.1. The predicted molar refractivity (Wildman–Crippen MR) is 74.4 cm³/mol. The van der Waals surface area contributed by atoms with Crippen molar-refractivity contribution in [3.63, 3.8) is 0 Å². The molecule has 1 aliphatic heterocycles. The molecule has 2 atom stereocenters. The Morgan fingerprint density at radius 1 is 1.59 bits per heavy atom. The van der Waals surface area contributed by atoms with Crippen molar-refractivity contribution in [2.24, 2.45) is 0 Å². The summed E-state index contributed by atoms with van der Waals surface area (Å²) in [4.78, 5) is 0. The average Bonchev–Trinajstić information content (AvgIpc) is 2.59. The SMILES string of the molecule is CC1OCCC1(C)NCc1ccc(Cl)cc1Br. The lowest BCUT2D eigenvalue weighted by molar-refractivity contribution is 0.0881. The Kier molecular flexibility index (Phi) is 4.14. The Bertz CT molecular complexity index is 412. The summed E-state index contributed by atoms with van der Waals surface area (Å²) in [6.07, 6.45) is 1.31. The van der Waals surface area contributed by atoms with Crippen LogP contribution in [-0.2, 0) is 11.3 Å². The fraction of sp³-hybridized carbons (Fsp3) is 0.538. The van der Waals surface area contributed by atoms with Crippen LogP contribution in [-0.4, -0.2) is 18.2 Å². The second kappa shape index (κ2) is 5.27. The Balaban J connectivity index is 2.02. The molecule has 1 heterocycles. The van der Waals surface area contributed by atoms with E-state index in [2.05, 4.69) is 35.1 Å². The van der Waals surface area contributed by atoms with Crippen LogP contribution in [0.5, 0.6) is 0 Å². The van der Waals surface area contributed by atoms with Crippen LogP contribution in [0.25, 0.3) is 0 Å². The van der Waals surface area contributed by atoms with Crippen LogP contribution in [0, 0.1) is 0 Å². The number of rotatable bonds is 3. The maximum Gasteiger partial charge on any atom is 0.0726 e. The van der Waals surface area contributed by atoms with Crippen molar-refractivity contribution in [3.05, 3.63) is 33.3 Å². The van der Waals surface area contributed by atoms with E-state index in [0.29, 0.717) is 0 Å². The molecule has 1 aliphatic rings. The summed E-state index contributed by atoms with van der Waals surface area (Å²) in [6, 6.07) is 5.89. The number of ether oxygens (including phenoxy) is 1. The molecule has 0 aliphatic carbocycles. The van der Waals surface area contributed by atoms with Crippen molar-refractivity contribution in [1.29, 1.82) is 0 Å². The molecule has 1 fully saturated rings. The second-order valence-corrected chi connectivity index (χ2v) is 6.06. The van der Waals surface area contributed by atoms with Gasteiger partial charge < -0.3 is 10.1 Å². The predicted octanol–water partition coefficient (Wildman–Crippen LogP) is 3.76. The van der Waals surface area contributed by atoms with Gasteiger partial charge in [0.2, 0.25) is 0 Å². The number of benzene rings is 1. The minimum Gasteiger partial charge on any atom is -0.377 e. The highest BCUT2D eigenvalue weighted by atomic mass is 79.9. The van der Waals surface area contributed by atoms with Gasteiger partial charge in [0.05, 0.1) is 6.10 Å². The zero-order valence-corrected chi connectivity index (χ0v) is 12.4. The molecule has 0 amide bonds. The fourth-order valence-electron chi connectivity index (χ4n) is 2.03. The first-order valence-corrected chi connectivity index (χ1v) is 6.99. The maximum atomic E-state index is 5.92. The third-order valence-electron chi connectivity index (χ3n) is 3.58. The molecule has 1 N–H and O–H groups in total. The number of hydrogen-bond donors (Lipinski definition) is 1. The lowest BCUT2D eigenvalue weighted by Gasteiger charge is -2.29. The Labute approximate surface area is 116 Å². The minimum absolute atomic E-state index is 0.0685. The van der Waals surface area contributed by atoms with Gasteiger partial charge in [0, 0.05) is 28.2 Å². The van der Waals surface area contributed by atoms with Gasteiger partial charge in [-0.15, -0.1) is 0 Å². The smallest absolute Gasteiger partial charge is 0.0726 e. The molecule has 0 saturated carbocycles. The fourth-order valence-corrected chi connectivity index (χ4v) is 2.85. The number of halogens is 2. The lowest BCUT2D eigenvalue weighted by atomic mass is 9.94. The van der Waals surface area contributed by atoms with Crippen LogP contribution < -0.4 is 5.32 Å². The highest BCUT2D eigenvalue weighted by Crippen LogP contribution is 2.27. The molecule has 17 heavy (non-hydrogen) atoms. The molecule has 0 radical (unpaired) electrons. The molecule has 1 aromatic rings. The molecule has 4 heteroatoms. The zero-order chi connectivity index (χ0) is 12.5. The van der Waals surface area contributed by atoms with Gasteiger partial charge in [-0.05, 0) is 38.0 Å². The molecule has 94 valence electrons. The van der Waals surface area contributed by atoms with Crippen LogP contribution in [0.2, 0.25) is 5.02 Å². The highest BCUT2D eigenvalue weighted by molar-refractivity contribution is 9.10. The highest BCUT2D eigenvalue weighted by Gasteiger charge is 2.36. The van der Waals surface area contributed by atoms with Crippen molar-refractivity contribution in [2.45, 2.75) is 38.5 Å². The van der Waals surface area contributed by atoms with Gasteiger partial charge in [-0.25, -0.2) is 0 Å². The first kappa shape index (κ1) is 13.3. The van der Waals surface area contributed by atoms with Gasteiger partial charge >= 0.3 is 0 Å². The van der Waals surface area contributed by atoms with Gasteiger partial charge in [0.1, 0.15) is 0 Å². The molecule has 0 bridgehead atoms. The first-order valence-electron chi connectivity index (χ1n) is 5.82. The van der Waals surface area contributed by atoms with Gasteiger partial charge in [0.15, 0.2) is 0 Å². The van der Waals surface area contributed by atoms with Crippen molar-refractivity contribution in [2.75, 3.05) is 6.61 Å². The molecule has 2 nitrogen and oxygen atoms in total. The summed E-state index contributed by atoms with van der Waals surface area (Å²) < 4.78 is 6.66. The molecule has 2 unspecified atom stereocenters. The summed E-state index contributed by atoms with van der Waals surface area (Å²) in [7, 11) is 0. The van der Waals surface area contributed by atoms with Crippen molar-refractivity contribution < 1.29 is 4.74 Å². The van der Waals surface area contributed by atoms with Gasteiger partial charge in [0.25, 0.3) is 0 Å². The summed E-state index contributed by atoms with van der Waals surface area (Å²) >= 11 is 9.46. The van der Waals surface area contributed by atoms with Crippen molar-refractivity contribution in [3.8, 4) is 0 Å². The monoisotopic (exact) mass is 317 g/mol. The molecule has 1 aromatic carbocycles. The standard InChI is InChI=1S/C13H17BrClNO/c1-9-13(2,5-6-17-9)16-8-10-3-4-11(15)7-12(10)14/h3-4,7,9,16H,5-6,8H2,1-2H3. The Hall–Kier alpha value is -0.0900. The van der Waals surface area contributed by atoms with Crippen LogP contribution in [0.15, 0.2) is 22.7 Å². The summed E-state index contributed by atoms with van der Waals surface area (Å²) in [5, 5.41) is 4.34. The van der Waals surface area contributed by atoms with E-state index in [1.807, 2.05) is 18.2 Å². The quantitative estimate of drug-likeness (QED) is 0.916. The molecule has 0 aromatic heterocycles. The third-order valence-corrected chi connectivity index (χ3v) is 4.56. The molecular formula is C13H17BrClNO. The summed E-state index contributed by atoms with van der Waals surface area (Å²) in [6.45, 7) is 6.00. The van der Waals surface area contributed by atoms with Gasteiger partial charge in [-0.1, -0.05) is 33.6 Å². The van der Waals surface area contributed by atoms with Crippen LogP contribution >= 0.6 is 27.5 Å². The van der Waals surface area contributed by atoms with Crippen LogP contribution in [0.1, 0.15) is 25.8 Å². The van der Waals surface area contributed by atoms with E-state index in [1.165, 1.54) is 5.56 Å². The van der Waals surface area contributed by atoms with E-state index in [0.717, 1.165) is 29.1 Å². The topological polar surface area (TPSA) is 21.3 Å². The molecule has 2 rings (SSSR count). The van der Waals surface area contributed by atoms with E-state index in [-0.39, 0.29) is 11.6 Å². The normalized spacial score (nSPS) is 28.6. The lowest BCUT2D eigenvalue weighted by Crippen LogP contribution is -2.47. The van der Waals surface area contributed by atoms with Crippen LogP contribution in [0.4, 0.5) is 0 Å². The van der Waals surface area contributed by atoms with Crippen molar-refractivity contribution in [1.82, 2.24) is 5.32 Å². The Morgan fingerprint density at radius 3 is 2.94 bits per heavy atom. The summed E-state index contributed by atoms with van der Waals surface area (Å²) in [5.74, 6) is 0. The van der Waals surface area contributed by atoms with E-state index >= 15 is 0 Å². The number of hydrogen-bond acceptors (Lipinski definition) is 2. The minimum atomic E-state index is 0.0685. The molecule has 0 spiro atoms. The number of nitrogens with one attached hydrogen (secondary N) is 1. The van der Waals surface area contributed by atoms with E-state index in [9.17, 15) is 0 Å². The Morgan fingerprint density at radius 2 is 2.35 bits per heavy atom. The third kappa shape index (κ3) is 3.02. The van der Waals surface area contributed by atoms with Gasteiger partial charge in [-0.3, -0.25) is 0 Å². The van der Waals surface area contributed by atoms with E-state index in [4.69, 9.17) is 16.3 Å². The molecule has 1 saturated heterocycles. The van der Waals surface area contributed by atoms with Crippen molar-refractivity contribution >= 4 is 27.5 Å². The summed E-state index contributed by atoms with van der Waals surface area (Å²) in [5.41, 5.74) is 1.29. The van der Waals surface area contributed by atoms with Crippen LogP contribution in [0.3, 0.4) is 0 Å². The van der Waals surface area contributed by atoms with E-state index < -0.39 is 0 Å². The average molecular weight is 319 g/mol. The largest absolute Gasteiger partial charge is 0.377 e. The van der Waals surface area contributed by atoms with Gasteiger partial charge in [-0.2, -0.15) is 0 Å². The molecular weight excluding hydrogens is 302 g/mol. The second-order valence-electron chi connectivity index (χ2n) is 4.77. The maximum absolute atomic E-state index is 5.92. The first-order chi connectivity index (χ1) is 8.01.